The Labute approximate surface area is 48.0 Å². The standard InChI is InChI=1S/C2HF2.Zr/c1-2(3)4;/h1H;/q-1;. The molecule has 0 N–H and O–H groups in total. The summed E-state index contributed by atoms with van der Waals surface area (Å²) in [6.07, 6.45) is -2.08. The van der Waals surface area contributed by atoms with Gasteiger partial charge in [-0.15, -0.1) is 0 Å². The van der Waals surface area contributed by atoms with Crippen LogP contribution in [0.1, 0.15) is 0 Å². The van der Waals surface area contributed by atoms with Crippen molar-refractivity contribution in [1.82, 2.24) is 0 Å². The monoisotopic (exact) mass is 153 g/mol. The van der Waals surface area contributed by atoms with Crippen LogP contribution in [0.4, 0.5) is 8.78 Å². The fraction of sp³-hybridized carbons (Fsp3) is 0. The molecule has 0 saturated carbocycles. The molecular weight excluding hydrogens is 153 g/mol. The molecule has 3 heteroatoms. The largest absolute Gasteiger partial charge is 0.445 e. The van der Waals surface area contributed by atoms with E-state index in [4.69, 9.17) is 0 Å². The zero-order valence-corrected chi connectivity index (χ0v) is 4.79. The second-order valence-corrected chi connectivity index (χ2v) is 0.290. The number of hydrogen-bond acceptors (Lipinski definition) is 0. The van der Waals surface area contributed by atoms with Crippen molar-refractivity contribution in [3.05, 3.63) is 12.7 Å². The third kappa shape index (κ3) is 118. The normalized spacial score (nSPS) is 5.20. The van der Waals surface area contributed by atoms with Gasteiger partial charge in [0.05, 0.1) is 6.08 Å². The van der Waals surface area contributed by atoms with Gasteiger partial charge in [0.1, 0.15) is 0 Å². The van der Waals surface area contributed by atoms with Crippen molar-refractivity contribution in [3.8, 4) is 0 Å². The quantitative estimate of drug-likeness (QED) is 0.460. The summed E-state index contributed by atoms with van der Waals surface area (Å²) in [6, 6.07) is 0. The first-order valence-corrected chi connectivity index (χ1v) is 0.667. The average Bonchev–Trinajstić information content (AvgIpc) is 0.811. The summed E-state index contributed by atoms with van der Waals surface area (Å²) in [5.74, 6) is 0. The van der Waals surface area contributed by atoms with Gasteiger partial charge in [-0.3, -0.25) is 0 Å². The van der Waals surface area contributed by atoms with Gasteiger partial charge in [-0.2, -0.15) is 0 Å². The van der Waals surface area contributed by atoms with Crippen LogP contribution < -0.4 is 0 Å². The molecule has 0 fully saturated rings. The molecule has 0 nitrogen and oxygen atoms in total. The Bertz CT molecular complexity index is 30.6. The minimum atomic E-state index is -2.08. The van der Waals surface area contributed by atoms with Gasteiger partial charge in [-0.1, -0.05) is 0 Å². The Hall–Kier alpha value is 0.483. The van der Waals surface area contributed by atoms with Crippen molar-refractivity contribution in [1.29, 1.82) is 0 Å². The fourth-order valence-electron chi connectivity index (χ4n) is 0. The summed E-state index contributed by atoms with van der Waals surface area (Å²) >= 11 is 0. The predicted octanol–water partition coefficient (Wildman–Crippen LogP) is 1.20. The van der Waals surface area contributed by atoms with E-state index in [-0.39, 0.29) is 26.2 Å². The summed E-state index contributed by atoms with van der Waals surface area (Å²) in [7, 11) is 0. The van der Waals surface area contributed by atoms with Crippen LogP contribution in [0.15, 0.2) is 6.08 Å². The molecule has 0 spiro atoms. The third-order valence-corrected chi connectivity index (χ3v) is 0. The fourth-order valence-corrected chi connectivity index (χ4v) is 0. The maximum Gasteiger partial charge on any atom is 0.0884 e. The minimum Gasteiger partial charge on any atom is -0.445 e. The smallest absolute Gasteiger partial charge is 0.0884 e. The molecular formula is C2HF2Zr-. The van der Waals surface area contributed by atoms with Gasteiger partial charge in [0.2, 0.25) is 0 Å². The first kappa shape index (κ1) is 9.08. The van der Waals surface area contributed by atoms with Crippen molar-refractivity contribution in [2.75, 3.05) is 0 Å². The van der Waals surface area contributed by atoms with Crippen molar-refractivity contribution in [3.63, 3.8) is 0 Å². The maximum atomic E-state index is 10.0. The molecule has 0 bridgehead atoms. The van der Waals surface area contributed by atoms with E-state index in [1.54, 1.807) is 0 Å². The maximum absolute atomic E-state index is 10.0. The number of rotatable bonds is 0. The Morgan fingerprint density at radius 3 is 1.40 bits per heavy atom. The van der Waals surface area contributed by atoms with E-state index < -0.39 is 6.08 Å². The van der Waals surface area contributed by atoms with Gasteiger partial charge < -0.3 is 6.58 Å². The number of halogens is 2. The van der Waals surface area contributed by atoms with E-state index in [1.807, 2.05) is 0 Å². The van der Waals surface area contributed by atoms with Crippen LogP contribution in [0.3, 0.4) is 0 Å². The molecule has 0 aliphatic heterocycles. The topological polar surface area (TPSA) is 0 Å². The van der Waals surface area contributed by atoms with E-state index in [9.17, 15) is 8.78 Å². The molecule has 0 radical (unpaired) electrons. The number of hydrogen-bond donors (Lipinski definition) is 0. The van der Waals surface area contributed by atoms with Crippen molar-refractivity contribution in [2.24, 2.45) is 0 Å². The van der Waals surface area contributed by atoms with E-state index in [0.717, 1.165) is 0 Å². The molecule has 0 aromatic heterocycles. The first-order valence-electron chi connectivity index (χ1n) is 0.667. The van der Waals surface area contributed by atoms with Crippen molar-refractivity contribution in [2.45, 2.75) is 0 Å². The summed E-state index contributed by atoms with van der Waals surface area (Å²) in [5, 5.41) is 0. The molecule has 0 amide bonds. The zero-order valence-electron chi connectivity index (χ0n) is 2.33. The van der Waals surface area contributed by atoms with Crippen molar-refractivity contribution < 1.29 is 35.0 Å². The van der Waals surface area contributed by atoms with Crippen LogP contribution in [0, 0.1) is 6.58 Å². The Kier molecular flexibility index (Phi) is 8.14. The molecule has 0 heterocycles. The minimum absolute atomic E-state index is 0. The summed E-state index contributed by atoms with van der Waals surface area (Å²) in [5.41, 5.74) is 0. The van der Waals surface area contributed by atoms with Gasteiger partial charge in [0, 0.05) is 26.2 Å². The SMILES string of the molecule is [CH-]=C(F)F.[Zr]. The van der Waals surface area contributed by atoms with Crippen LogP contribution in [0.2, 0.25) is 0 Å². The molecule has 28 valence electrons. The first-order chi connectivity index (χ1) is 1.73. The average molecular weight is 154 g/mol. The molecule has 0 aliphatic carbocycles. The van der Waals surface area contributed by atoms with Gasteiger partial charge in [0.25, 0.3) is 0 Å². The van der Waals surface area contributed by atoms with E-state index in [0.29, 0.717) is 0 Å². The molecule has 0 atom stereocenters. The third-order valence-electron chi connectivity index (χ3n) is 0. The van der Waals surface area contributed by atoms with Crippen LogP contribution in [0.25, 0.3) is 0 Å². The molecule has 0 aliphatic rings. The summed E-state index contributed by atoms with van der Waals surface area (Å²) in [4.78, 5) is 0. The van der Waals surface area contributed by atoms with E-state index in [1.165, 1.54) is 0 Å². The second-order valence-electron chi connectivity index (χ2n) is 0.290. The Morgan fingerprint density at radius 2 is 1.40 bits per heavy atom. The van der Waals surface area contributed by atoms with Gasteiger partial charge >= 0.3 is 0 Å². The van der Waals surface area contributed by atoms with Gasteiger partial charge in [-0.05, 0) is 0 Å². The van der Waals surface area contributed by atoms with Crippen LogP contribution >= 0.6 is 0 Å². The van der Waals surface area contributed by atoms with Gasteiger partial charge in [0.15, 0.2) is 0 Å². The van der Waals surface area contributed by atoms with Crippen molar-refractivity contribution >= 4 is 0 Å². The second kappa shape index (κ2) is 4.48. The predicted molar refractivity (Wildman–Crippen MR) is 10.0 cm³/mol. The van der Waals surface area contributed by atoms with Gasteiger partial charge in [-0.25, -0.2) is 8.78 Å². The molecule has 0 unspecified atom stereocenters. The van der Waals surface area contributed by atoms with Crippen LogP contribution in [0.5, 0.6) is 0 Å². The summed E-state index contributed by atoms with van der Waals surface area (Å²) < 4.78 is 20.1. The molecule has 0 rings (SSSR count). The zero-order chi connectivity index (χ0) is 3.58. The van der Waals surface area contributed by atoms with E-state index in [2.05, 4.69) is 6.58 Å². The van der Waals surface area contributed by atoms with E-state index >= 15 is 0 Å². The summed E-state index contributed by atoms with van der Waals surface area (Å²) in [6.45, 7) is 3.69. The molecule has 5 heavy (non-hydrogen) atoms. The molecule has 0 aromatic carbocycles. The molecule has 0 saturated heterocycles. The van der Waals surface area contributed by atoms with Crippen LogP contribution in [-0.4, -0.2) is 0 Å². The molecule has 0 aromatic rings. The Balaban J connectivity index is 0. The van der Waals surface area contributed by atoms with Crippen LogP contribution in [-0.2, 0) is 26.2 Å². The Morgan fingerprint density at radius 1 is 1.40 bits per heavy atom.